The van der Waals surface area contributed by atoms with E-state index in [0.717, 1.165) is 19.6 Å². The fourth-order valence-corrected chi connectivity index (χ4v) is 4.16. The molecule has 0 aromatic rings. The molecular weight excluding hydrogens is 248 g/mol. The molecule has 1 saturated heterocycles. The summed E-state index contributed by atoms with van der Waals surface area (Å²) in [5.41, 5.74) is -0.00318. The van der Waals surface area contributed by atoms with E-state index >= 15 is 0 Å². The highest BCUT2D eigenvalue weighted by molar-refractivity contribution is 4.92. The van der Waals surface area contributed by atoms with Gasteiger partial charge in [-0.05, 0) is 40.2 Å². The van der Waals surface area contributed by atoms with Gasteiger partial charge in [0.1, 0.15) is 0 Å². The Labute approximate surface area is 125 Å². The number of ether oxygens (including phenoxy) is 1. The van der Waals surface area contributed by atoms with Crippen LogP contribution in [0.15, 0.2) is 0 Å². The van der Waals surface area contributed by atoms with Crippen LogP contribution in [-0.2, 0) is 4.74 Å². The van der Waals surface area contributed by atoms with Crippen molar-refractivity contribution in [2.24, 2.45) is 0 Å². The maximum atomic E-state index is 6.08. The number of nitrogens with one attached hydrogen (secondary N) is 1. The molecule has 1 heterocycles. The molecule has 20 heavy (non-hydrogen) atoms. The molecule has 3 unspecified atom stereocenters. The summed E-state index contributed by atoms with van der Waals surface area (Å²) in [6, 6.07) is 1.36. The highest BCUT2D eigenvalue weighted by Crippen LogP contribution is 2.28. The van der Waals surface area contributed by atoms with E-state index in [2.05, 4.69) is 37.9 Å². The van der Waals surface area contributed by atoms with Crippen LogP contribution in [0.1, 0.15) is 66.2 Å². The Bertz CT molecular complexity index is 293. The van der Waals surface area contributed by atoms with Gasteiger partial charge >= 0.3 is 0 Å². The normalized spacial score (nSPS) is 36.3. The molecule has 0 radical (unpaired) electrons. The lowest BCUT2D eigenvalue weighted by atomic mass is 9.89. The molecule has 0 amide bonds. The molecule has 0 aromatic carbocycles. The SMILES string of the molecule is CCNC1CCCCCCC1N1CC(C)OC(C)(C)C1. The number of nitrogens with zero attached hydrogens (tertiary/aromatic N) is 1. The zero-order chi connectivity index (χ0) is 14.6. The molecule has 2 rings (SSSR count). The Balaban J connectivity index is 2.07. The summed E-state index contributed by atoms with van der Waals surface area (Å²) in [7, 11) is 0. The molecule has 0 aromatic heterocycles. The Hall–Kier alpha value is -0.120. The van der Waals surface area contributed by atoms with Crippen LogP contribution in [0.4, 0.5) is 0 Å². The number of hydrogen-bond acceptors (Lipinski definition) is 3. The van der Waals surface area contributed by atoms with Gasteiger partial charge in [-0.2, -0.15) is 0 Å². The van der Waals surface area contributed by atoms with E-state index in [4.69, 9.17) is 4.74 Å². The van der Waals surface area contributed by atoms with Crippen molar-refractivity contribution in [1.29, 1.82) is 0 Å². The molecule has 2 fully saturated rings. The first-order valence-electron chi connectivity index (χ1n) is 8.67. The van der Waals surface area contributed by atoms with Crippen molar-refractivity contribution >= 4 is 0 Å². The standard InChI is InChI=1S/C17H34N2O/c1-5-18-15-10-8-6-7-9-11-16(15)19-12-14(2)20-17(3,4)13-19/h14-16,18H,5-13H2,1-4H3. The smallest absolute Gasteiger partial charge is 0.0757 e. The van der Waals surface area contributed by atoms with E-state index in [9.17, 15) is 0 Å². The molecule has 0 bridgehead atoms. The van der Waals surface area contributed by atoms with Gasteiger partial charge in [0.15, 0.2) is 0 Å². The van der Waals surface area contributed by atoms with Gasteiger partial charge in [-0.25, -0.2) is 0 Å². The Morgan fingerprint density at radius 3 is 2.50 bits per heavy atom. The number of morpholine rings is 1. The van der Waals surface area contributed by atoms with Crippen LogP contribution in [0.2, 0.25) is 0 Å². The molecular formula is C17H34N2O. The zero-order valence-corrected chi connectivity index (χ0v) is 14.0. The Morgan fingerprint density at radius 2 is 1.85 bits per heavy atom. The van der Waals surface area contributed by atoms with Gasteiger partial charge in [0.25, 0.3) is 0 Å². The third kappa shape index (κ3) is 4.44. The van der Waals surface area contributed by atoms with Crippen molar-refractivity contribution in [2.45, 2.75) is 90.0 Å². The summed E-state index contributed by atoms with van der Waals surface area (Å²) < 4.78 is 6.08. The molecule has 1 aliphatic carbocycles. The Kier molecular flexibility index (Phi) is 5.88. The van der Waals surface area contributed by atoms with Crippen molar-refractivity contribution in [3.63, 3.8) is 0 Å². The summed E-state index contributed by atoms with van der Waals surface area (Å²) in [5, 5.41) is 3.76. The van der Waals surface area contributed by atoms with Crippen molar-refractivity contribution < 1.29 is 4.74 Å². The van der Waals surface area contributed by atoms with E-state index < -0.39 is 0 Å². The van der Waals surface area contributed by atoms with Crippen LogP contribution in [0, 0.1) is 0 Å². The predicted octanol–water partition coefficient (Wildman–Crippen LogP) is 3.19. The average Bonchev–Trinajstić information content (AvgIpc) is 2.30. The second kappa shape index (κ2) is 7.24. The molecule has 1 N–H and O–H groups in total. The third-order valence-corrected chi connectivity index (χ3v) is 4.76. The van der Waals surface area contributed by atoms with E-state index in [-0.39, 0.29) is 5.60 Å². The highest BCUT2D eigenvalue weighted by Gasteiger charge is 2.37. The summed E-state index contributed by atoms with van der Waals surface area (Å²) in [6.45, 7) is 12.2. The monoisotopic (exact) mass is 282 g/mol. The second-order valence-electron chi connectivity index (χ2n) is 7.34. The quantitative estimate of drug-likeness (QED) is 0.860. The molecule has 1 aliphatic heterocycles. The van der Waals surface area contributed by atoms with Crippen molar-refractivity contribution in [1.82, 2.24) is 10.2 Å². The van der Waals surface area contributed by atoms with Gasteiger partial charge in [-0.15, -0.1) is 0 Å². The van der Waals surface area contributed by atoms with Crippen LogP contribution >= 0.6 is 0 Å². The van der Waals surface area contributed by atoms with E-state index in [0.29, 0.717) is 18.2 Å². The van der Waals surface area contributed by atoms with Crippen LogP contribution in [0.3, 0.4) is 0 Å². The van der Waals surface area contributed by atoms with Gasteiger partial charge in [-0.3, -0.25) is 4.90 Å². The average molecular weight is 282 g/mol. The van der Waals surface area contributed by atoms with Crippen LogP contribution in [-0.4, -0.2) is 48.3 Å². The van der Waals surface area contributed by atoms with E-state index in [1.54, 1.807) is 0 Å². The minimum absolute atomic E-state index is 0.00318. The number of rotatable bonds is 3. The fraction of sp³-hybridized carbons (Fsp3) is 1.00. The van der Waals surface area contributed by atoms with Crippen LogP contribution < -0.4 is 5.32 Å². The molecule has 3 atom stereocenters. The largest absolute Gasteiger partial charge is 0.370 e. The molecule has 3 heteroatoms. The molecule has 2 aliphatic rings. The first-order valence-corrected chi connectivity index (χ1v) is 8.67. The fourth-order valence-electron chi connectivity index (χ4n) is 4.16. The first-order chi connectivity index (χ1) is 9.52. The minimum atomic E-state index is -0.00318. The van der Waals surface area contributed by atoms with Crippen molar-refractivity contribution in [2.75, 3.05) is 19.6 Å². The van der Waals surface area contributed by atoms with Crippen molar-refractivity contribution in [3.8, 4) is 0 Å². The third-order valence-electron chi connectivity index (χ3n) is 4.76. The number of hydrogen-bond donors (Lipinski definition) is 1. The van der Waals surface area contributed by atoms with Gasteiger partial charge in [-0.1, -0.05) is 32.6 Å². The van der Waals surface area contributed by atoms with E-state index in [1.165, 1.54) is 38.5 Å². The predicted molar refractivity (Wildman–Crippen MR) is 85.2 cm³/mol. The second-order valence-corrected chi connectivity index (χ2v) is 7.34. The molecule has 0 spiro atoms. The molecule has 3 nitrogen and oxygen atoms in total. The summed E-state index contributed by atoms with van der Waals surface area (Å²) >= 11 is 0. The van der Waals surface area contributed by atoms with Crippen molar-refractivity contribution in [3.05, 3.63) is 0 Å². The summed E-state index contributed by atoms with van der Waals surface area (Å²) in [4.78, 5) is 2.72. The van der Waals surface area contributed by atoms with Gasteiger partial charge < -0.3 is 10.1 Å². The molecule has 1 saturated carbocycles. The highest BCUT2D eigenvalue weighted by atomic mass is 16.5. The van der Waals surface area contributed by atoms with Gasteiger partial charge in [0, 0.05) is 25.2 Å². The maximum Gasteiger partial charge on any atom is 0.0757 e. The summed E-state index contributed by atoms with van der Waals surface area (Å²) in [5.74, 6) is 0. The molecule has 118 valence electrons. The lowest BCUT2D eigenvalue weighted by molar-refractivity contribution is -0.141. The van der Waals surface area contributed by atoms with Crippen LogP contribution in [0.5, 0.6) is 0 Å². The zero-order valence-electron chi connectivity index (χ0n) is 14.0. The minimum Gasteiger partial charge on any atom is -0.370 e. The number of likely N-dealkylation sites (N-methyl/N-ethyl adjacent to an activating group) is 1. The topological polar surface area (TPSA) is 24.5 Å². The lowest BCUT2D eigenvalue weighted by Gasteiger charge is -2.47. The lowest BCUT2D eigenvalue weighted by Crippen LogP contribution is -2.60. The van der Waals surface area contributed by atoms with Gasteiger partial charge in [0.2, 0.25) is 0 Å². The van der Waals surface area contributed by atoms with E-state index in [1.807, 2.05) is 0 Å². The Morgan fingerprint density at radius 1 is 1.15 bits per heavy atom. The first kappa shape index (κ1) is 16.3. The summed E-state index contributed by atoms with van der Waals surface area (Å²) in [6.07, 6.45) is 8.64. The van der Waals surface area contributed by atoms with Crippen LogP contribution in [0.25, 0.3) is 0 Å². The maximum absolute atomic E-state index is 6.08. The van der Waals surface area contributed by atoms with Gasteiger partial charge in [0.05, 0.1) is 11.7 Å².